The van der Waals surface area contributed by atoms with Crippen LogP contribution in [0.3, 0.4) is 0 Å². The van der Waals surface area contributed by atoms with Gasteiger partial charge in [-0.25, -0.2) is 4.79 Å². The zero-order valence-corrected chi connectivity index (χ0v) is 29.6. The van der Waals surface area contributed by atoms with Crippen LogP contribution in [0.1, 0.15) is 64.2 Å². The van der Waals surface area contributed by atoms with Gasteiger partial charge in [0, 0.05) is 31.2 Å². The third-order valence-corrected chi connectivity index (χ3v) is 7.63. The van der Waals surface area contributed by atoms with Crippen molar-refractivity contribution < 1.29 is 28.7 Å². The number of unbranched alkanes of at least 4 members (excludes halogenated alkanes) is 1. The van der Waals surface area contributed by atoms with Gasteiger partial charge >= 0.3 is 6.09 Å². The lowest BCUT2D eigenvalue weighted by atomic mass is 10.0. The Morgan fingerprint density at radius 3 is 2.04 bits per heavy atom. The molecule has 0 radical (unpaired) electrons. The maximum Gasteiger partial charge on any atom is 0.407 e. The standard InChI is InChI=1S/C36H48ClN5O6/c1-9-24(10-2)30(33(45)40-23(3)31(43)38-7)42(8)34(46)29(13-11-12-22-39-35(47)48-36(4,5)6)41-32(44)27-16-14-25(15-17-27)26-18-20-28(37)21-19-26/h9-10,14-21,23,29-30H,1,11-13,22H2,2-8H3,(H,38,43)(H,39,47)(H,40,45)(H,41,44)/b24-10+/t23-,29-,30-/m0/s1. The fraction of sp³-hybridized carbons (Fsp3) is 0.417. The molecule has 0 aromatic heterocycles. The molecule has 2 aromatic carbocycles. The lowest BCUT2D eigenvalue weighted by molar-refractivity contribution is -0.140. The number of benzene rings is 2. The third kappa shape index (κ3) is 12.2. The number of alkyl carbamates (subject to hydrolysis) is 1. The fourth-order valence-corrected chi connectivity index (χ4v) is 4.95. The molecule has 48 heavy (non-hydrogen) atoms. The van der Waals surface area contributed by atoms with Gasteiger partial charge in [-0.1, -0.05) is 54.6 Å². The number of allylic oxidation sites excluding steroid dienone is 1. The van der Waals surface area contributed by atoms with Gasteiger partial charge < -0.3 is 30.9 Å². The van der Waals surface area contributed by atoms with Gasteiger partial charge in [0.1, 0.15) is 23.7 Å². The molecule has 0 saturated carbocycles. The van der Waals surface area contributed by atoms with Crippen LogP contribution in [-0.4, -0.2) is 79.0 Å². The Balaban J connectivity index is 2.29. The first kappa shape index (κ1) is 39.5. The van der Waals surface area contributed by atoms with Crippen LogP contribution in [-0.2, 0) is 19.1 Å². The summed E-state index contributed by atoms with van der Waals surface area (Å²) < 4.78 is 5.27. The van der Waals surface area contributed by atoms with Crippen LogP contribution in [0, 0.1) is 0 Å². The molecule has 260 valence electrons. The van der Waals surface area contributed by atoms with Gasteiger partial charge in [-0.3, -0.25) is 19.2 Å². The van der Waals surface area contributed by atoms with E-state index in [0.29, 0.717) is 35.5 Å². The highest BCUT2D eigenvalue weighted by Gasteiger charge is 2.34. The molecule has 0 heterocycles. The summed E-state index contributed by atoms with van der Waals surface area (Å²) in [7, 11) is 2.93. The van der Waals surface area contributed by atoms with Crippen molar-refractivity contribution in [2.45, 2.75) is 77.6 Å². The number of nitrogens with one attached hydrogen (secondary N) is 4. The number of carbonyl (C=O) groups excluding carboxylic acids is 5. The molecule has 0 spiro atoms. The van der Waals surface area contributed by atoms with Crippen molar-refractivity contribution in [3.8, 4) is 11.1 Å². The first-order valence-electron chi connectivity index (χ1n) is 15.8. The molecule has 11 nitrogen and oxygen atoms in total. The predicted octanol–water partition coefficient (Wildman–Crippen LogP) is 5.01. The lowest BCUT2D eigenvalue weighted by Crippen LogP contribution is -2.57. The molecule has 0 aliphatic carbocycles. The zero-order chi connectivity index (χ0) is 36.0. The molecule has 0 fully saturated rings. The second kappa shape index (κ2) is 18.6. The monoisotopic (exact) mass is 681 g/mol. The molecule has 0 bridgehead atoms. The molecule has 12 heteroatoms. The fourth-order valence-electron chi connectivity index (χ4n) is 4.82. The quantitative estimate of drug-likeness (QED) is 0.154. The maximum atomic E-state index is 14.1. The zero-order valence-electron chi connectivity index (χ0n) is 28.8. The number of likely N-dealkylation sites (N-methyl/N-ethyl adjacent to an activating group) is 2. The Hall–Kier alpha value is -4.64. The van der Waals surface area contributed by atoms with Crippen LogP contribution in [0.4, 0.5) is 4.79 Å². The molecule has 2 rings (SSSR count). The third-order valence-electron chi connectivity index (χ3n) is 7.38. The number of hydrogen-bond donors (Lipinski definition) is 4. The number of nitrogens with zero attached hydrogens (tertiary/aromatic N) is 1. The topological polar surface area (TPSA) is 146 Å². The molecule has 4 N–H and O–H groups in total. The van der Waals surface area contributed by atoms with Crippen molar-refractivity contribution in [2.24, 2.45) is 0 Å². The van der Waals surface area contributed by atoms with Gasteiger partial charge in [0.15, 0.2) is 0 Å². The second-order valence-electron chi connectivity index (χ2n) is 12.2. The largest absolute Gasteiger partial charge is 0.444 e. The smallest absolute Gasteiger partial charge is 0.407 e. The van der Waals surface area contributed by atoms with Crippen molar-refractivity contribution in [3.63, 3.8) is 0 Å². The molecule has 0 unspecified atom stereocenters. The molecule has 3 atom stereocenters. The Morgan fingerprint density at radius 2 is 1.52 bits per heavy atom. The maximum absolute atomic E-state index is 14.1. The number of carbonyl (C=O) groups is 5. The summed E-state index contributed by atoms with van der Waals surface area (Å²) in [5.74, 6) is -1.97. The van der Waals surface area contributed by atoms with Crippen molar-refractivity contribution >= 4 is 41.3 Å². The van der Waals surface area contributed by atoms with E-state index in [0.717, 1.165) is 11.1 Å². The summed E-state index contributed by atoms with van der Waals surface area (Å²) >= 11 is 6.01. The van der Waals surface area contributed by atoms with E-state index < -0.39 is 53.4 Å². The first-order chi connectivity index (χ1) is 22.6. The summed E-state index contributed by atoms with van der Waals surface area (Å²) in [6.07, 6.45) is 3.75. The van der Waals surface area contributed by atoms with E-state index in [1.54, 1.807) is 70.2 Å². The summed E-state index contributed by atoms with van der Waals surface area (Å²) in [4.78, 5) is 66.4. The summed E-state index contributed by atoms with van der Waals surface area (Å²) in [6, 6.07) is 11.3. The van der Waals surface area contributed by atoms with E-state index in [-0.39, 0.29) is 6.42 Å². The minimum Gasteiger partial charge on any atom is -0.444 e. The number of halogens is 1. The number of amides is 5. The van der Waals surface area contributed by atoms with Crippen LogP contribution in [0.5, 0.6) is 0 Å². The second-order valence-corrected chi connectivity index (χ2v) is 12.7. The predicted molar refractivity (Wildman–Crippen MR) is 188 cm³/mol. The van der Waals surface area contributed by atoms with E-state index in [1.807, 2.05) is 12.1 Å². The van der Waals surface area contributed by atoms with Crippen LogP contribution < -0.4 is 21.3 Å². The van der Waals surface area contributed by atoms with Gasteiger partial charge in [-0.2, -0.15) is 0 Å². The van der Waals surface area contributed by atoms with Crippen molar-refractivity contribution in [1.82, 2.24) is 26.2 Å². The van der Waals surface area contributed by atoms with Crippen LogP contribution in [0.15, 0.2) is 72.8 Å². The van der Waals surface area contributed by atoms with Crippen LogP contribution in [0.2, 0.25) is 5.02 Å². The number of hydrogen-bond acceptors (Lipinski definition) is 6. The van der Waals surface area contributed by atoms with Crippen LogP contribution >= 0.6 is 11.6 Å². The van der Waals surface area contributed by atoms with E-state index >= 15 is 0 Å². The average Bonchev–Trinajstić information content (AvgIpc) is 3.04. The molecule has 0 saturated heterocycles. The number of rotatable bonds is 15. The first-order valence-corrected chi connectivity index (χ1v) is 16.2. The molecule has 2 aromatic rings. The Morgan fingerprint density at radius 1 is 0.938 bits per heavy atom. The minimum atomic E-state index is -1.13. The Bertz CT molecular complexity index is 1470. The van der Waals surface area contributed by atoms with Crippen molar-refractivity contribution in [2.75, 3.05) is 20.6 Å². The van der Waals surface area contributed by atoms with E-state index in [4.69, 9.17) is 16.3 Å². The molecule has 0 aliphatic heterocycles. The Labute approximate surface area is 288 Å². The SMILES string of the molecule is C=C/C(=C\C)[C@@H](C(=O)N[C@@H](C)C(=O)NC)N(C)C(=O)[C@H](CCCCNC(=O)OC(C)(C)C)NC(=O)c1ccc(-c2ccc(Cl)cc2)cc1. The van der Waals surface area contributed by atoms with Gasteiger partial charge in [0.2, 0.25) is 17.7 Å². The summed E-state index contributed by atoms with van der Waals surface area (Å²) in [5, 5.41) is 11.3. The minimum absolute atomic E-state index is 0.218. The van der Waals surface area contributed by atoms with Gasteiger partial charge in [-0.05, 0) is 94.8 Å². The Kier molecular flexibility index (Phi) is 15.3. The van der Waals surface area contributed by atoms with E-state index in [9.17, 15) is 24.0 Å². The van der Waals surface area contributed by atoms with Gasteiger partial charge in [0.05, 0.1) is 0 Å². The van der Waals surface area contributed by atoms with E-state index in [1.165, 1.54) is 32.0 Å². The van der Waals surface area contributed by atoms with Crippen molar-refractivity contribution in [3.05, 3.63) is 83.4 Å². The summed E-state index contributed by atoms with van der Waals surface area (Å²) in [6.45, 7) is 12.6. The molecule has 0 aliphatic rings. The van der Waals surface area contributed by atoms with Crippen molar-refractivity contribution in [1.29, 1.82) is 0 Å². The lowest BCUT2D eigenvalue weighted by Gasteiger charge is -2.32. The normalized spacial score (nSPS) is 13.3. The highest BCUT2D eigenvalue weighted by molar-refractivity contribution is 6.30. The average molecular weight is 682 g/mol. The van der Waals surface area contributed by atoms with E-state index in [2.05, 4.69) is 27.8 Å². The molecule has 5 amide bonds. The summed E-state index contributed by atoms with van der Waals surface area (Å²) in [5.41, 5.74) is 1.96. The molecular formula is C36H48ClN5O6. The van der Waals surface area contributed by atoms with Gasteiger partial charge in [-0.15, -0.1) is 0 Å². The number of ether oxygens (including phenoxy) is 1. The highest BCUT2D eigenvalue weighted by atomic mass is 35.5. The van der Waals surface area contributed by atoms with Gasteiger partial charge in [0.25, 0.3) is 5.91 Å². The molecular weight excluding hydrogens is 634 g/mol. The highest BCUT2D eigenvalue weighted by Crippen LogP contribution is 2.22. The van der Waals surface area contributed by atoms with Crippen LogP contribution in [0.25, 0.3) is 11.1 Å².